The van der Waals surface area contributed by atoms with Crippen LogP contribution >= 0.6 is 0 Å². The Morgan fingerprint density at radius 1 is 1.40 bits per heavy atom. The van der Waals surface area contributed by atoms with E-state index in [1.807, 2.05) is 18.9 Å². The van der Waals surface area contributed by atoms with E-state index in [0.29, 0.717) is 13.2 Å². The zero-order valence-electron chi connectivity index (χ0n) is 8.82. The Hall–Kier alpha value is -1.42. The topological polar surface area (TPSA) is 46.6 Å². The van der Waals surface area contributed by atoms with Crippen LogP contribution in [0.1, 0.15) is 6.92 Å². The van der Waals surface area contributed by atoms with Gasteiger partial charge in [0.15, 0.2) is 0 Å². The summed E-state index contributed by atoms with van der Waals surface area (Å²) < 4.78 is 5.51. The maximum Gasteiger partial charge on any atom is 0.227 e. The monoisotopic (exact) mass is 207 g/mol. The van der Waals surface area contributed by atoms with Gasteiger partial charge < -0.3 is 9.64 Å². The minimum atomic E-state index is -0.450. The van der Waals surface area contributed by atoms with E-state index in [1.54, 1.807) is 0 Å². The molecule has 4 heteroatoms. The SMILES string of the molecule is CCOC1CN(C)C2=CC(=O)C(=O)C=C21. The van der Waals surface area contributed by atoms with Gasteiger partial charge in [-0.1, -0.05) is 0 Å². The minimum absolute atomic E-state index is 0.0803. The molecular formula is C11H13NO3. The lowest BCUT2D eigenvalue weighted by atomic mass is 10.0. The highest BCUT2D eigenvalue weighted by Gasteiger charge is 2.34. The second-order valence-electron chi connectivity index (χ2n) is 3.68. The fraction of sp³-hybridized carbons (Fsp3) is 0.455. The van der Waals surface area contributed by atoms with Crippen molar-refractivity contribution in [3.63, 3.8) is 0 Å². The van der Waals surface area contributed by atoms with E-state index in [0.717, 1.165) is 11.3 Å². The predicted molar refractivity (Wildman–Crippen MR) is 54.2 cm³/mol. The van der Waals surface area contributed by atoms with Crippen LogP contribution in [0.5, 0.6) is 0 Å². The van der Waals surface area contributed by atoms with E-state index in [-0.39, 0.29) is 6.10 Å². The smallest absolute Gasteiger partial charge is 0.227 e. The Labute approximate surface area is 88.2 Å². The van der Waals surface area contributed by atoms with Gasteiger partial charge in [-0.15, -0.1) is 0 Å². The van der Waals surface area contributed by atoms with Crippen LogP contribution in [0, 0.1) is 0 Å². The molecule has 0 saturated carbocycles. The minimum Gasteiger partial charge on any atom is -0.372 e. The lowest BCUT2D eigenvalue weighted by Gasteiger charge is -2.13. The van der Waals surface area contributed by atoms with Crippen molar-refractivity contribution in [2.24, 2.45) is 0 Å². The summed E-state index contributed by atoms with van der Waals surface area (Å²) in [5.74, 6) is -0.897. The predicted octanol–water partition coefficient (Wildman–Crippen LogP) is 0.299. The summed E-state index contributed by atoms with van der Waals surface area (Å²) in [7, 11) is 1.89. The largest absolute Gasteiger partial charge is 0.372 e. The molecule has 1 saturated heterocycles. The quantitative estimate of drug-likeness (QED) is 0.482. The molecular weight excluding hydrogens is 194 g/mol. The molecule has 0 aromatic rings. The third-order valence-electron chi connectivity index (χ3n) is 2.66. The van der Waals surface area contributed by atoms with Crippen molar-refractivity contribution in [2.75, 3.05) is 20.2 Å². The van der Waals surface area contributed by atoms with Gasteiger partial charge in [-0.05, 0) is 13.0 Å². The normalized spacial score (nSPS) is 25.2. The highest BCUT2D eigenvalue weighted by Crippen LogP contribution is 2.30. The van der Waals surface area contributed by atoms with Crippen molar-refractivity contribution in [1.82, 2.24) is 4.90 Å². The highest BCUT2D eigenvalue weighted by atomic mass is 16.5. The molecule has 4 nitrogen and oxygen atoms in total. The van der Waals surface area contributed by atoms with Crippen LogP contribution in [0.15, 0.2) is 23.4 Å². The van der Waals surface area contributed by atoms with Gasteiger partial charge in [0.05, 0.1) is 0 Å². The van der Waals surface area contributed by atoms with E-state index in [9.17, 15) is 9.59 Å². The van der Waals surface area contributed by atoms with Crippen molar-refractivity contribution in [3.05, 3.63) is 23.4 Å². The lowest BCUT2D eigenvalue weighted by molar-refractivity contribution is -0.131. The second-order valence-corrected chi connectivity index (χ2v) is 3.68. The molecule has 1 unspecified atom stereocenters. The average Bonchev–Trinajstić information content (AvgIpc) is 2.46. The van der Waals surface area contributed by atoms with Crippen molar-refractivity contribution in [3.8, 4) is 0 Å². The van der Waals surface area contributed by atoms with Crippen LogP contribution in [-0.2, 0) is 14.3 Å². The summed E-state index contributed by atoms with van der Waals surface area (Å²) in [6.07, 6.45) is 2.72. The van der Waals surface area contributed by atoms with E-state index in [4.69, 9.17) is 4.74 Å². The second kappa shape index (κ2) is 3.62. The van der Waals surface area contributed by atoms with Gasteiger partial charge in [-0.2, -0.15) is 0 Å². The fourth-order valence-corrected chi connectivity index (χ4v) is 1.94. The molecule has 0 aromatic heterocycles. The molecule has 2 aliphatic rings. The maximum atomic E-state index is 11.2. The first-order chi connectivity index (χ1) is 7.13. The van der Waals surface area contributed by atoms with Gasteiger partial charge in [0, 0.05) is 37.5 Å². The Morgan fingerprint density at radius 2 is 2.07 bits per heavy atom. The molecule has 1 heterocycles. The Morgan fingerprint density at radius 3 is 2.73 bits per heavy atom. The number of carbonyl (C=O) groups excluding carboxylic acids is 2. The first-order valence-electron chi connectivity index (χ1n) is 4.98. The third-order valence-corrected chi connectivity index (χ3v) is 2.66. The van der Waals surface area contributed by atoms with Crippen LogP contribution < -0.4 is 0 Å². The fourth-order valence-electron chi connectivity index (χ4n) is 1.94. The molecule has 0 radical (unpaired) electrons. The van der Waals surface area contributed by atoms with E-state index < -0.39 is 11.6 Å². The summed E-state index contributed by atoms with van der Waals surface area (Å²) in [5.41, 5.74) is 1.65. The maximum absolute atomic E-state index is 11.2. The molecule has 1 aliphatic heterocycles. The number of nitrogens with zero attached hydrogens (tertiary/aromatic N) is 1. The van der Waals surface area contributed by atoms with Crippen molar-refractivity contribution in [2.45, 2.75) is 13.0 Å². The molecule has 0 amide bonds. The van der Waals surface area contributed by atoms with Crippen LogP contribution in [0.3, 0.4) is 0 Å². The van der Waals surface area contributed by atoms with Gasteiger partial charge in [0.1, 0.15) is 6.10 Å². The van der Waals surface area contributed by atoms with Gasteiger partial charge >= 0.3 is 0 Å². The van der Waals surface area contributed by atoms with Gasteiger partial charge in [0.25, 0.3) is 0 Å². The number of hydrogen-bond acceptors (Lipinski definition) is 4. The molecule has 80 valence electrons. The van der Waals surface area contributed by atoms with Crippen molar-refractivity contribution >= 4 is 11.6 Å². The van der Waals surface area contributed by atoms with Gasteiger partial charge in [0.2, 0.25) is 11.6 Å². The van der Waals surface area contributed by atoms with E-state index in [2.05, 4.69) is 0 Å². The van der Waals surface area contributed by atoms with Crippen molar-refractivity contribution < 1.29 is 14.3 Å². The highest BCUT2D eigenvalue weighted by molar-refractivity contribution is 6.46. The number of rotatable bonds is 2. The molecule has 1 atom stereocenters. The number of likely N-dealkylation sites (tertiary alicyclic amines) is 1. The van der Waals surface area contributed by atoms with Crippen LogP contribution in [0.2, 0.25) is 0 Å². The molecule has 2 rings (SSSR count). The molecule has 15 heavy (non-hydrogen) atoms. The third kappa shape index (κ3) is 1.61. The van der Waals surface area contributed by atoms with E-state index in [1.165, 1.54) is 12.2 Å². The number of ketones is 2. The summed E-state index contributed by atoms with van der Waals surface area (Å²) >= 11 is 0. The van der Waals surface area contributed by atoms with Crippen LogP contribution in [0.25, 0.3) is 0 Å². The van der Waals surface area contributed by atoms with E-state index >= 15 is 0 Å². The van der Waals surface area contributed by atoms with Gasteiger partial charge in [-0.25, -0.2) is 0 Å². The molecule has 0 N–H and O–H groups in total. The lowest BCUT2D eigenvalue weighted by Crippen LogP contribution is -2.19. The number of hydrogen-bond donors (Lipinski definition) is 0. The average molecular weight is 207 g/mol. The van der Waals surface area contributed by atoms with Crippen LogP contribution in [0.4, 0.5) is 0 Å². The summed E-state index contributed by atoms with van der Waals surface area (Å²) in [5, 5.41) is 0. The number of ether oxygens (including phenoxy) is 1. The molecule has 1 fully saturated rings. The molecule has 0 bridgehead atoms. The molecule has 0 aromatic carbocycles. The zero-order chi connectivity index (χ0) is 11.0. The molecule has 0 spiro atoms. The number of likely N-dealkylation sites (N-methyl/N-ethyl adjacent to an activating group) is 1. The number of carbonyl (C=O) groups is 2. The molecule has 1 aliphatic carbocycles. The summed E-state index contributed by atoms with van der Waals surface area (Å²) in [6.45, 7) is 3.22. The summed E-state index contributed by atoms with van der Waals surface area (Å²) in [4.78, 5) is 24.4. The Balaban J connectivity index is 2.33. The van der Waals surface area contributed by atoms with Crippen molar-refractivity contribution in [1.29, 1.82) is 0 Å². The summed E-state index contributed by atoms with van der Waals surface area (Å²) in [6, 6.07) is 0. The van der Waals surface area contributed by atoms with Gasteiger partial charge in [-0.3, -0.25) is 9.59 Å². The Kier molecular flexibility index (Phi) is 2.44. The first kappa shape index (κ1) is 10.1. The Bertz CT molecular complexity index is 381. The first-order valence-corrected chi connectivity index (χ1v) is 4.98. The number of fused-ring (bicyclic) bond motifs is 1. The standard InChI is InChI=1S/C11H13NO3/c1-3-15-11-6-12(2)8-5-10(14)9(13)4-7(8)11/h4-5,11H,3,6H2,1-2H3. The van der Waals surface area contributed by atoms with Crippen LogP contribution in [-0.4, -0.2) is 42.8 Å². The zero-order valence-corrected chi connectivity index (χ0v) is 8.82. The number of allylic oxidation sites excluding steroid dienone is 2.